The van der Waals surface area contributed by atoms with E-state index in [1.807, 2.05) is 17.0 Å². The Bertz CT molecular complexity index is 506. The fourth-order valence-electron chi connectivity index (χ4n) is 3.39. The van der Waals surface area contributed by atoms with E-state index in [9.17, 15) is 4.79 Å². The van der Waals surface area contributed by atoms with Crippen molar-refractivity contribution in [2.75, 3.05) is 39.4 Å². The molecule has 3 rings (SSSR count). The van der Waals surface area contributed by atoms with E-state index < -0.39 is 0 Å². The maximum atomic E-state index is 12.3. The minimum atomic E-state index is 0.310. The van der Waals surface area contributed by atoms with Gasteiger partial charge in [0, 0.05) is 31.1 Å². The molecule has 1 aromatic rings. The normalized spacial score (nSPS) is 20.7. The number of ether oxygens (including phenoxy) is 1. The highest BCUT2D eigenvalue weighted by molar-refractivity contribution is 6.30. The Morgan fingerprint density at radius 1 is 1.09 bits per heavy atom. The van der Waals surface area contributed by atoms with E-state index in [0.717, 1.165) is 50.6 Å². The van der Waals surface area contributed by atoms with Crippen molar-refractivity contribution in [2.24, 2.45) is 5.92 Å². The third kappa shape index (κ3) is 4.93. The van der Waals surface area contributed by atoms with Crippen LogP contribution in [0.15, 0.2) is 24.3 Å². The number of halogens is 1. The van der Waals surface area contributed by atoms with Crippen molar-refractivity contribution in [2.45, 2.75) is 25.8 Å². The molecule has 4 nitrogen and oxygen atoms in total. The van der Waals surface area contributed by atoms with Crippen LogP contribution >= 0.6 is 11.6 Å². The first-order valence-corrected chi connectivity index (χ1v) is 8.91. The molecule has 2 fully saturated rings. The summed E-state index contributed by atoms with van der Waals surface area (Å²) in [6.07, 6.45) is 2.93. The van der Waals surface area contributed by atoms with Crippen molar-refractivity contribution < 1.29 is 9.53 Å². The summed E-state index contributed by atoms with van der Waals surface area (Å²) in [5, 5.41) is 0.786. The van der Waals surface area contributed by atoms with Gasteiger partial charge < -0.3 is 9.64 Å². The van der Waals surface area contributed by atoms with Crippen molar-refractivity contribution in [1.29, 1.82) is 0 Å². The van der Waals surface area contributed by atoms with E-state index in [0.29, 0.717) is 31.5 Å². The van der Waals surface area contributed by atoms with E-state index in [-0.39, 0.29) is 0 Å². The van der Waals surface area contributed by atoms with Crippen LogP contribution in [-0.4, -0.2) is 55.1 Å². The standard InChI is InChI=1S/C18H25ClN2O2/c19-17-3-1-16(2-4-17)14-20-7-5-15(6-8-20)13-18(22)21-9-11-23-12-10-21/h1-4,15H,5-14H2. The van der Waals surface area contributed by atoms with E-state index in [1.165, 1.54) is 5.56 Å². The third-order valence-corrected chi connectivity index (χ3v) is 5.11. The lowest BCUT2D eigenvalue weighted by Crippen LogP contribution is -2.42. The Morgan fingerprint density at radius 3 is 2.39 bits per heavy atom. The van der Waals surface area contributed by atoms with Crippen LogP contribution in [0.1, 0.15) is 24.8 Å². The molecule has 2 saturated heterocycles. The van der Waals surface area contributed by atoms with Gasteiger partial charge in [0.25, 0.3) is 0 Å². The number of carbonyl (C=O) groups is 1. The summed E-state index contributed by atoms with van der Waals surface area (Å²) in [5.74, 6) is 0.844. The van der Waals surface area contributed by atoms with Crippen molar-refractivity contribution in [3.63, 3.8) is 0 Å². The maximum absolute atomic E-state index is 12.3. The first-order chi connectivity index (χ1) is 11.2. The predicted molar refractivity (Wildman–Crippen MR) is 91.5 cm³/mol. The molecule has 23 heavy (non-hydrogen) atoms. The highest BCUT2D eigenvalue weighted by Crippen LogP contribution is 2.23. The highest BCUT2D eigenvalue weighted by Gasteiger charge is 2.24. The number of rotatable bonds is 4. The zero-order chi connectivity index (χ0) is 16.1. The zero-order valence-electron chi connectivity index (χ0n) is 13.5. The van der Waals surface area contributed by atoms with E-state index in [1.54, 1.807) is 0 Å². The molecule has 2 aliphatic heterocycles. The maximum Gasteiger partial charge on any atom is 0.223 e. The summed E-state index contributed by atoms with van der Waals surface area (Å²) in [6, 6.07) is 8.09. The molecule has 0 aromatic heterocycles. The second-order valence-corrected chi connectivity index (χ2v) is 6.98. The lowest BCUT2D eigenvalue weighted by atomic mass is 9.92. The van der Waals surface area contributed by atoms with Crippen LogP contribution < -0.4 is 0 Å². The Hall–Kier alpha value is -1.10. The molecule has 5 heteroatoms. The molecule has 126 valence electrons. The number of morpholine rings is 1. The van der Waals surface area contributed by atoms with E-state index in [4.69, 9.17) is 16.3 Å². The molecule has 1 aromatic carbocycles. The fourth-order valence-corrected chi connectivity index (χ4v) is 3.51. The van der Waals surface area contributed by atoms with Crippen LogP contribution in [0.2, 0.25) is 5.02 Å². The van der Waals surface area contributed by atoms with Gasteiger partial charge in [-0.3, -0.25) is 9.69 Å². The van der Waals surface area contributed by atoms with Gasteiger partial charge in [-0.25, -0.2) is 0 Å². The number of carbonyl (C=O) groups excluding carboxylic acids is 1. The molecule has 0 spiro atoms. The first-order valence-electron chi connectivity index (χ1n) is 8.53. The van der Waals surface area contributed by atoms with Gasteiger partial charge in [0.1, 0.15) is 0 Å². The van der Waals surface area contributed by atoms with Gasteiger partial charge in [0.2, 0.25) is 5.91 Å². The molecule has 0 radical (unpaired) electrons. The second-order valence-electron chi connectivity index (χ2n) is 6.54. The summed E-state index contributed by atoms with van der Waals surface area (Å²) >= 11 is 5.93. The van der Waals surface area contributed by atoms with Gasteiger partial charge in [0.15, 0.2) is 0 Å². The van der Waals surface area contributed by atoms with Crippen LogP contribution in [0, 0.1) is 5.92 Å². The SMILES string of the molecule is O=C(CC1CCN(Cc2ccc(Cl)cc2)CC1)N1CCOCC1. The molecule has 0 N–H and O–H groups in total. The fraction of sp³-hybridized carbons (Fsp3) is 0.611. The Labute approximate surface area is 143 Å². The first kappa shape index (κ1) is 16.7. The molecule has 1 amide bonds. The Balaban J connectivity index is 1.41. The second kappa shape index (κ2) is 8.13. The number of amides is 1. The summed E-state index contributed by atoms with van der Waals surface area (Å²) in [5.41, 5.74) is 1.30. The smallest absolute Gasteiger partial charge is 0.223 e. The number of hydrogen-bond donors (Lipinski definition) is 0. The van der Waals surface area contributed by atoms with Gasteiger partial charge in [0.05, 0.1) is 13.2 Å². The van der Waals surface area contributed by atoms with Crippen molar-refractivity contribution in [3.8, 4) is 0 Å². The largest absolute Gasteiger partial charge is 0.378 e. The van der Waals surface area contributed by atoms with Gasteiger partial charge in [-0.2, -0.15) is 0 Å². The summed E-state index contributed by atoms with van der Waals surface area (Å²) < 4.78 is 5.31. The number of likely N-dealkylation sites (tertiary alicyclic amines) is 1. The van der Waals surface area contributed by atoms with Crippen LogP contribution in [0.25, 0.3) is 0 Å². The number of nitrogens with zero attached hydrogens (tertiary/aromatic N) is 2. The molecule has 0 aliphatic carbocycles. The van der Waals surface area contributed by atoms with Crippen molar-refractivity contribution in [3.05, 3.63) is 34.9 Å². The minimum Gasteiger partial charge on any atom is -0.378 e. The van der Waals surface area contributed by atoms with Crippen molar-refractivity contribution >= 4 is 17.5 Å². The van der Waals surface area contributed by atoms with Crippen LogP contribution in [0.5, 0.6) is 0 Å². The summed E-state index contributed by atoms with van der Waals surface area (Å²) in [4.78, 5) is 16.7. The third-order valence-electron chi connectivity index (χ3n) is 4.85. The molecular weight excluding hydrogens is 312 g/mol. The highest BCUT2D eigenvalue weighted by atomic mass is 35.5. The molecule has 0 atom stereocenters. The van der Waals surface area contributed by atoms with Gasteiger partial charge in [-0.05, 0) is 49.5 Å². The minimum absolute atomic E-state index is 0.310. The average molecular weight is 337 g/mol. The average Bonchev–Trinajstić information content (AvgIpc) is 2.59. The molecule has 2 aliphatic rings. The number of piperidine rings is 1. The topological polar surface area (TPSA) is 32.8 Å². The van der Waals surface area contributed by atoms with Gasteiger partial charge in [-0.1, -0.05) is 23.7 Å². The Kier molecular flexibility index (Phi) is 5.92. The molecule has 0 bridgehead atoms. The molecule has 0 unspecified atom stereocenters. The summed E-state index contributed by atoms with van der Waals surface area (Å²) in [7, 11) is 0. The monoisotopic (exact) mass is 336 g/mol. The Morgan fingerprint density at radius 2 is 1.74 bits per heavy atom. The van der Waals surface area contributed by atoms with E-state index in [2.05, 4.69) is 17.0 Å². The van der Waals surface area contributed by atoms with Gasteiger partial charge in [-0.15, -0.1) is 0 Å². The summed E-state index contributed by atoms with van der Waals surface area (Å²) in [6.45, 7) is 6.01. The number of hydrogen-bond acceptors (Lipinski definition) is 3. The van der Waals surface area contributed by atoms with Crippen molar-refractivity contribution in [1.82, 2.24) is 9.80 Å². The van der Waals surface area contributed by atoms with Gasteiger partial charge >= 0.3 is 0 Å². The molecule has 0 saturated carbocycles. The van der Waals surface area contributed by atoms with Crippen LogP contribution in [0.3, 0.4) is 0 Å². The van der Waals surface area contributed by atoms with Crippen LogP contribution in [-0.2, 0) is 16.1 Å². The van der Waals surface area contributed by atoms with Crippen LogP contribution in [0.4, 0.5) is 0 Å². The lowest BCUT2D eigenvalue weighted by Gasteiger charge is -2.33. The molecular formula is C18H25ClN2O2. The molecule has 2 heterocycles. The zero-order valence-corrected chi connectivity index (χ0v) is 14.3. The number of benzene rings is 1. The van der Waals surface area contributed by atoms with E-state index >= 15 is 0 Å². The predicted octanol–water partition coefficient (Wildman–Crippen LogP) is 2.80. The quantitative estimate of drug-likeness (QED) is 0.847. The lowest BCUT2D eigenvalue weighted by molar-refractivity contribution is -0.136.